The van der Waals surface area contributed by atoms with E-state index < -0.39 is 0 Å². The number of halogens is 1. The fourth-order valence-corrected chi connectivity index (χ4v) is 4.14. The second-order valence-corrected chi connectivity index (χ2v) is 7.96. The summed E-state index contributed by atoms with van der Waals surface area (Å²) >= 11 is 0. The first-order chi connectivity index (χ1) is 14.1. The number of hydrogen-bond acceptors (Lipinski definition) is 3. The smallest absolute Gasteiger partial charge is 0.249 e. The summed E-state index contributed by atoms with van der Waals surface area (Å²) in [4.78, 5) is 19.5. The molecule has 2 aliphatic heterocycles. The number of anilines is 1. The van der Waals surface area contributed by atoms with Gasteiger partial charge in [0.25, 0.3) is 0 Å². The molecule has 4 rings (SSSR count). The lowest BCUT2D eigenvalue weighted by atomic mass is 10.1. The molecule has 2 aromatic rings. The van der Waals surface area contributed by atoms with Crippen molar-refractivity contribution in [3.05, 3.63) is 77.1 Å². The van der Waals surface area contributed by atoms with Gasteiger partial charge in [-0.15, -0.1) is 0 Å². The number of rotatable bonds is 4. The Morgan fingerprint density at radius 2 is 1.79 bits per heavy atom. The lowest BCUT2D eigenvalue weighted by molar-refractivity contribution is -0.127. The molecule has 0 radical (unpaired) electrons. The second kappa shape index (κ2) is 8.78. The number of amides is 1. The first-order valence-electron chi connectivity index (χ1n) is 10.4. The molecule has 2 aliphatic rings. The maximum absolute atomic E-state index is 13.4. The summed E-state index contributed by atoms with van der Waals surface area (Å²) in [5.41, 5.74) is 4.39. The number of hydrogen-bond donors (Lipinski definition) is 0. The van der Waals surface area contributed by atoms with Crippen molar-refractivity contribution >= 4 is 11.6 Å². The highest BCUT2D eigenvalue weighted by Gasteiger charge is 2.25. The topological polar surface area (TPSA) is 26.8 Å². The van der Waals surface area contributed by atoms with E-state index >= 15 is 0 Å². The molecule has 0 N–H and O–H groups in total. The molecular weight excluding hydrogens is 365 g/mol. The van der Waals surface area contributed by atoms with E-state index in [0.717, 1.165) is 56.8 Å². The van der Waals surface area contributed by atoms with Crippen LogP contribution in [0.15, 0.2) is 60.2 Å². The summed E-state index contributed by atoms with van der Waals surface area (Å²) in [7, 11) is 0. The van der Waals surface area contributed by atoms with Crippen molar-refractivity contribution < 1.29 is 9.18 Å². The molecule has 0 unspecified atom stereocenters. The van der Waals surface area contributed by atoms with Crippen molar-refractivity contribution in [3.8, 4) is 0 Å². The van der Waals surface area contributed by atoms with Gasteiger partial charge in [-0.3, -0.25) is 9.69 Å². The average molecular weight is 394 g/mol. The predicted molar refractivity (Wildman–Crippen MR) is 114 cm³/mol. The third-order valence-electron chi connectivity index (χ3n) is 5.80. The standard InChI is InChI=1S/C24H28FN3O/c1-19-4-2-7-23(16-19)27-12-14-28(15-13-27)24(29)21-8-10-26(11-9-21)18-20-5-3-6-22(25)17-20/h2-8,16-17H,9-15,18H2,1H3. The lowest BCUT2D eigenvalue weighted by Gasteiger charge is -2.37. The Bertz CT molecular complexity index is 903. The molecule has 1 saturated heterocycles. The summed E-state index contributed by atoms with van der Waals surface area (Å²) in [6.07, 6.45) is 2.81. The van der Waals surface area contributed by atoms with E-state index in [4.69, 9.17) is 0 Å². The van der Waals surface area contributed by atoms with Crippen LogP contribution in [0.5, 0.6) is 0 Å². The molecule has 1 amide bonds. The molecule has 0 aromatic heterocycles. The van der Waals surface area contributed by atoms with Crippen LogP contribution in [0.3, 0.4) is 0 Å². The molecule has 0 atom stereocenters. The minimum absolute atomic E-state index is 0.180. The molecule has 152 valence electrons. The van der Waals surface area contributed by atoms with Crippen LogP contribution in [-0.4, -0.2) is 55.0 Å². The highest BCUT2D eigenvalue weighted by atomic mass is 19.1. The Kier molecular flexibility index (Phi) is 5.95. The van der Waals surface area contributed by atoms with Crippen LogP contribution in [0.1, 0.15) is 17.5 Å². The van der Waals surface area contributed by atoms with E-state index in [9.17, 15) is 9.18 Å². The molecule has 2 heterocycles. The summed E-state index contributed by atoms with van der Waals surface area (Å²) in [6, 6.07) is 15.3. The first-order valence-corrected chi connectivity index (χ1v) is 10.4. The maximum atomic E-state index is 13.4. The zero-order valence-electron chi connectivity index (χ0n) is 17.0. The van der Waals surface area contributed by atoms with Gasteiger partial charge in [-0.1, -0.05) is 30.3 Å². The van der Waals surface area contributed by atoms with Gasteiger partial charge in [0.15, 0.2) is 0 Å². The van der Waals surface area contributed by atoms with Gasteiger partial charge in [-0.2, -0.15) is 0 Å². The summed E-state index contributed by atoms with van der Waals surface area (Å²) in [5.74, 6) is -0.0185. The highest BCUT2D eigenvalue weighted by Crippen LogP contribution is 2.20. The van der Waals surface area contributed by atoms with Gasteiger partial charge in [0, 0.05) is 57.1 Å². The minimum atomic E-state index is -0.198. The first kappa shape index (κ1) is 19.6. The summed E-state index contributed by atoms with van der Waals surface area (Å²) in [6.45, 7) is 7.65. The van der Waals surface area contributed by atoms with Gasteiger partial charge < -0.3 is 9.80 Å². The van der Waals surface area contributed by atoms with Gasteiger partial charge >= 0.3 is 0 Å². The monoisotopic (exact) mass is 393 g/mol. The van der Waals surface area contributed by atoms with E-state index in [1.54, 1.807) is 12.1 Å². The van der Waals surface area contributed by atoms with Crippen molar-refractivity contribution in [1.29, 1.82) is 0 Å². The normalized spacial score (nSPS) is 17.9. The highest BCUT2D eigenvalue weighted by molar-refractivity contribution is 5.93. The third kappa shape index (κ3) is 4.85. The molecule has 0 aliphatic carbocycles. The molecule has 1 fully saturated rings. The van der Waals surface area contributed by atoms with E-state index in [0.29, 0.717) is 6.54 Å². The Morgan fingerprint density at radius 1 is 1.00 bits per heavy atom. The van der Waals surface area contributed by atoms with Crippen LogP contribution in [0, 0.1) is 12.7 Å². The second-order valence-electron chi connectivity index (χ2n) is 7.96. The van der Waals surface area contributed by atoms with Crippen LogP contribution < -0.4 is 4.90 Å². The van der Waals surface area contributed by atoms with E-state index in [1.165, 1.54) is 17.3 Å². The van der Waals surface area contributed by atoms with Crippen LogP contribution in [-0.2, 0) is 11.3 Å². The van der Waals surface area contributed by atoms with Crippen molar-refractivity contribution in [3.63, 3.8) is 0 Å². The third-order valence-corrected chi connectivity index (χ3v) is 5.80. The molecule has 29 heavy (non-hydrogen) atoms. The van der Waals surface area contributed by atoms with Crippen LogP contribution >= 0.6 is 0 Å². The lowest BCUT2D eigenvalue weighted by Crippen LogP contribution is -2.49. The Labute approximate surface area is 172 Å². The largest absolute Gasteiger partial charge is 0.368 e. The fraction of sp³-hybridized carbons (Fsp3) is 0.375. The van der Waals surface area contributed by atoms with Crippen molar-refractivity contribution in [2.45, 2.75) is 19.9 Å². The molecule has 4 nitrogen and oxygen atoms in total. The number of carbonyl (C=O) groups is 1. The van der Waals surface area contributed by atoms with E-state index in [2.05, 4.69) is 47.1 Å². The zero-order valence-corrected chi connectivity index (χ0v) is 17.0. The van der Waals surface area contributed by atoms with E-state index in [1.807, 2.05) is 11.0 Å². The predicted octanol–water partition coefficient (Wildman–Crippen LogP) is 3.62. The minimum Gasteiger partial charge on any atom is -0.368 e. The maximum Gasteiger partial charge on any atom is 0.249 e. The molecule has 5 heteroatoms. The SMILES string of the molecule is Cc1cccc(N2CCN(C(=O)C3=CCN(Cc4cccc(F)c4)CC3)CC2)c1. The zero-order chi connectivity index (χ0) is 20.2. The Balaban J connectivity index is 1.30. The number of nitrogens with zero attached hydrogens (tertiary/aromatic N) is 3. The van der Waals surface area contributed by atoms with Crippen LogP contribution in [0.25, 0.3) is 0 Å². The van der Waals surface area contributed by atoms with Gasteiger partial charge in [0.2, 0.25) is 5.91 Å². The quantitative estimate of drug-likeness (QED) is 0.794. The van der Waals surface area contributed by atoms with Crippen molar-refractivity contribution in [2.75, 3.05) is 44.2 Å². The summed E-state index contributed by atoms with van der Waals surface area (Å²) in [5, 5.41) is 0. The van der Waals surface area contributed by atoms with Crippen LogP contribution in [0.2, 0.25) is 0 Å². The van der Waals surface area contributed by atoms with Crippen LogP contribution in [0.4, 0.5) is 10.1 Å². The molecule has 2 aromatic carbocycles. The van der Waals surface area contributed by atoms with Gasteiger partial charge in [-0.05, 0) is 48.7 Å². The molecular formula is C24H28FN3O. The summed E-state index contributed by atoms with van der Waals surface area (Å²) < 4.78 is 13.4. The molecule has 0 saturated carbocycles. The molecule has 0 spiro atoms. The van der Waals surface area contributed by atoms with Gasteiger partial charge in [0.1, 0.15) is 5.82 Å². The average Bonchev–Trinajstić information content (AvgIpc) is 2.74. The van der Waals surface area contributed by atoms with Gasteiger partial charge in [-0.25, -0.2) is 4.39 Å². The number of piperazine rings is 1. The van der Waals surface area contributed by atoms with Crippen molar-refractivity contribution in [1.82, 2.24) is 9.80 Å². The Hall–Kier alpha value is -2.66. The van der Waals surface area contributed by atoms with Crippen molar-refractivity contribution in [2.24, 2.45) is 0 Å². The Morgan fingerprint density at radius 3 is 2.48 bits per heavy atom. The number of aryl methyl sites for hydroxylation is 1. The number of carbonyl (C=O) groups excluding carboxylic acids is 1. The molecule has 0 bridgehead atoms. The van der Waals surface area contributed by atoms with Gasteiger partial charge in [0.05, 0.1) is 0 Å². The number of benzene rings is 2. The fourth-order valence-electron chi connectivity index (χ4n) is 4.14. The van der Waals surface area contributed by atoms with E-state index in [-0.39, 0.29) is 11.7 Å².